The highest BCUT2D eigenvalue weighted by Crippen LogP contribution is 2.43. The van der Waals surface area contributed by atoms with E-state index in [4.69, 9.17) is 0 Å². The maximum Gasteiger partial charge on any atom is 0.389 e. The molecular formula is C16H25F3N2O. The zero-order chi connectivity index (χ0) is 15.7. The molecule has 0 bridgehead atoms. The highest BCUT2D eigenvalue weighted by molar-refractivity contribution is 5.76. The second kappa shape index (κ2) is 6.38. The van der Waals surface area contributed by atoms with Crippen LogP contribution in [-0.2, 0) is 4.79 Å². The van der Waals surface area contributed by atoms with Crippen LogP contribution in [0.4, 0.5) is 13.2 Å². The number of nitrogens with zero attached hydrogens (tertiary/aromatic N) is 1. The maximum atomic E-state index is 12.2. The molecule has 0 radical (unpaired) electrons. The smallest absolute Gasteiger partial charge is 0.352 e. The second-order valence-electron chi connectivity index (χ2n) is 7.18. The van der Waals surface area contributed by atoms with Gasteiger partial charge in [-0.2, -0.15) is 13.2 Å². The van der Waals surface area contributed by atoms with Gasteiger partial charge in [-0.05, 0) is 37.5 Å². The molecular weight excluding hydrogens is 293 g/mol. The van der Waals surface area contributed by atoms with Crippen LogP contribution >= 0.6 is 0 Å². The van der Waals surface area contributed by atoms with E-state index in [0.717, 1.165) is 13.1 Å². The molecule has 3 fully saturated rings. The third kappa shape index (κ3) is 4.15. The monoisotopic (exact) mass is 318 g/mol. The number of likely N-dealkylation sites (tertiary alicyclic amines) is 1. The predicted octanol–water partition coefficient (Wildman–Crippen LogP) is 3.10. The summed E-state index contributed by atoms with van der Waals surface area (Å²) >= 11 is 0. The minimum absolute atomic E-state index is 0.0498. The van der Waals surface area contributed by atoms with Crippen LogP contribution in [0.1, 0.15) is 51.4 Å². The summed E-state index contributed by atoms with van der Waals surface area (Å²) in [6.07, 6.45) is 1.70. The van der Waals surface area contributed by atoms with Gasteiger partial charge in [-0.3, -0.25) is 9.69 Å². The Morgan fingerprint density at radius 3 is 2.36 bits per heavy atom. The highest BCUT2D eigenvalue weighted by atomic mass is 19.4. The highest BCUT2D eigenvalue weighted by Gasteiger charge is 2.44. The average molecular weight is 318 g/mol. The number of hydrogen-bond donors (Lipinski definition) is 1. The largest absolute Gasteiger partial charge is 0.389 e. The van der Waals surface area contributed by atoms with Crippen LogP contribution in [0.5, 0.6) is 0 Å². The SMILES string of the molecule is O=C(CCC(F)(F)F)NC1CN(C2CCCC2)CC1C1CC1. The molecule has 2 aliphatic carbocycles. The Morgan fingerprint density at radius 1 is 1.09 bits per heavy atom. The lowest BCUT2D eigenvalue weighted by atomic mass is 9.98. The Bertz CT molecular complexity index is 403. The molecule has 126 valence electrons. The molecule has 1 heterocycles. The van der Waals surface area contributed by atoms with Crippen molar-refractivity contribution in [3.05, 3.63) is 0 Å². The van der Waals surface area contributed by atoms with Gasteiger partial charge in [0.05, 0.1) is 6.42 Å². The summed E-state index contributed by atoms with van der Waals surface area (Å²) < 4.78 is 36.7. The second-order valence-corrected chi connectivity index (χ2v) is 7.18. The lowest BCUT2D eigenvalue weighted by Gasteiger charge is -2.23. The van der Waals surface area contributed by atoms with Crippen LogP contribution in [0.15, 0.2) is 0 Å². The fourth-order valence-corrected chi connectivity index (χ4v) is 4.12. The van der Waals surface area contributed by atoms with Crippen molar-refractivity contribution in [3.8, 4) is 0 Å². The van der Waals surface area contributed by atoms with Crippen molar-refractivity contribution >= 4 is 5.91 Å². The third-order valence-electron chi connectivity index (χ3n) is 5.44. The van der Waals surface area contributed by atoms with E-state index < -0.39 is 24.9 Å². The molecule has 0 spiro atoms. The Labute approximate surface area is 129 Å². The molecule has 2 atom stereocenters. The molecule has 3 aliphatic rings. The molecule has 6 heteroatoms. The zero-order valence-corrected chi connectivity index (χ0v) is 12.9. The van der Waals surface area contributed by atoms with E-state index >= 15 is 0 Å². The van der Waals surface area contributed by atoms with Crippen molar-refractivity contribution in [1.29, 1.82) is 0 Å². The number of halogens is 3. The first kappa shape index (κ1) is 16.1. The minimum atomic E-state index is -4.25. The van der Waals surface area contributed by atoms with Gasteiger partial charge in [0.25, 0.3) is 0 Å². The van der Waals surface area contributed by atoms with Crippen LogP contribution in [-0.4, -0.2) is 42.2 Å². The molecule has 3 rings (SSSR count). The van der Waals surface area contributed by atoms with E-state index in [-0.39, 0.29) is 6.04 Å². The fraction of sp³-hybridized carbons (Fsp3) is 0.938. The van der Waals surface area contributed by atoms with E-state index in [1.807, 2.05) is 0 Å². The van der Waals surface area contributed by atoms with Crippen molar-refractivity contribution < 1.29 is 18.0 Å². The molecule has 2 unspecified atom stereocenters. The van der Waals surface area contributed by atoms with Crippen molar-refractivity contribution in [1.82, 2.24) is 10.2 Å². The molecule has 0 aromatic carbocycles. The van der Waals surface area contributed by atoms with Crippen LogP contribution in [0.3, 0.4) is 0 Å². The summed E-state index contributed by atoms with van der Waals surface area (Å²) in [6.45, 7) is 1.84. The van der Waals surface area contributed by atoms with Crippen molar-refractivity contribution in [3.63, 3.8) is 0 Å². The Morgan fingerprint density at radius 2 is 1.77 bits per heavy atom. The third-order valence-corrected chi connectivity index (χ3v) is 5.44. The topological polar surface area (TPSA) is 32.3 Å². The first-order valence-electron chi connectivity index (χ1n) is 8.52. The van der Waals surface area contributed by atoms with Gasteiger partial charge in [-0.25, -0.2) is 0 Å². The van der Waals surface area contributed by atoms with Crippen LogP contribution < -0.4 is 5.32 Å². The minimum Gasteiger partial charge on any atom is -0.352 e. The van der Waals surface area contributed by atoms with Gasteiger partial charge in [-0.1, -0.05) is 12.8 Å². The number of carbonyl (C=O) groups excluding carboxylic acids is 1. The summed E-state index contributed by atoms with van der Waals surface area (Å²) in [7, 11) is 0. The number of hydrogen-bond acceptors (Lipinski definition) is 2. The Balaban J connectivity index is 1.53. The normalized spacial score (nSPS) is 30.9. The number of amides is 1. The van der Waals surface area contributed by atoms with Crippen molar-refractivity contribution in [2.45, 2.75) is 69.6 Å². The molecule has 1 saturated heterocycles. The van der Waals surface area contributed by atoms with Gasteiger partial charge in [0, 0.05) is 31.6 Å². The van der Waals surface area contributed by atoms with E-state index in [1.54, 1.807) is 0 Å². The van der Waals surface area contributed by atoms with Gasteiger partial charge in [0.1, 0.15) is 0 Å². The van der Waals surface area contributed by atoms with Gasteiger partial charge < -0.3 is 5.32 Å². The number of carbonyl (C=O) groups is 1. The molecule has 2 saturated carbocycles. The molecule has 1 aliphatic heterocycles. The van der Waals surface area contributed by atoms with Crippen LogP contribution in [0, 0.1) is 11.8 Å². The van der Waals surface area contributed by atoms with Crippen LogP contribution in [0.2, 0.25) is 0 Å². The standard InChI is InChI=1S/C16H25F3N2O/c17-16(18,19)8-7-15(22)20-14-10-21(12-3-1-2-4-12)9-13(14)11-5-6-11/h11-14H,1-10H2,(H,20,22). The number of nitrogens with one attached hydrogen (secondary N) is 1. The van der Waals surface area contributed by atoms with E-state index in [9.17, 15) is 18.0 Å². The first-order chi connectivity index (χ1) is 10.4. The molecule has 3 nitrogen and oxygen atoms in total. The van der Waals surface area contributed by atoms with Gasteiger partial charge in [-0.15, -0.1) is 0 Å². The van der Waals surface area contributed by atoms with E-state index in [0.29, 0.717) is 17.9 Å². The Hall–Kier alpha value is -0.780. The zero-order valence-electron chi connectivity index (χ0n) is 12.9. The fourth-order valence-electron chi connectivity index (χ4n) is 4.12. The van der Waals surface area contributed by atoms with Crippen LogP contribution in [0.25, 0.3) is 0 Å². The van der Waals surface area contributed by atoms with E-state index in [1.165, 1.54) is 38.5 Å². The average Bonchev–Trinajstić information content (AvgIpc) is 2.98. The molecule has 0 aromatic rings. The predicted molar refractivity (Wildman–Crippen MR) is 77.3 cm³/mol. The summed E-state index contributed by atoms with van der Waals surface area (Å²) in [5.41, 5.74) is 0. The lowest BCUT2D eigenvalue weighted by Crippen LogP contribution is -2.42. The quantitative estimate of drug-likeness (QED) is 0.845. The van der Waals surface area contributed by atoms with E-state index in [2.05, 4.69) is 10.2 Å². The number of rotatable bonds is 5. The molecule has 1 amide bonds. The molecule has 1 N–H and O–H groups in total. The molecule has 22 heavy (non-hydrogen) atoms. The summed E-state index contributed by atoms with van der Waals surface area (Å²) in [4.78, 5) is 14.3. The van der Waals surface area contributed by atoms with Gasteiger partial charge in [0.2, 0.25) is 5.91 Å². The van der Waals surface area contributed by atoms with Crippen molar-refractivity contribution in [2.75, 3.05) is 13.1 Å². The Kier molecular flexibility index (Phi) is 4.67. The van der Waals surface area contributed by atoms with Crippen molar-refractivity contribution in [2.24, 2.45) is 11.8 Å². The maximum absolute atomic E-state index is 12.2. The first-order valence-corrected chi connectivity index (χ1v) is 8.52. The lowest BCUT2D eigenvalue weighted by molar-refractivity contribution is -0.144. The summed E-state index contributed by atoms with van der Waals surface area (Å²) in [5, 5.41) is 2.90. The number of alkyl halides is 3. The summed E-state index contributed by atoms with van der Waals surface area (Å²) in [6, 6.07) is 0.673. The summed E-state index contributed by atoms with van der Waals surface area (Å²) in [5.74, 6) is 0.663. The van der Waals surface area contributed by atoms with Gasteiger partial charge in [0.15, 0.2) is 0 Å². The molecule has 0 aromatic heterocycles. The van der Waals surface area contributed by atoms with Gasteiger partial charge >= 0.3 is 6.18 Å².